The summed E-state index contributed by atoms with van der Waals surface area (Å²) in [6.07, 6.45) is 10.8. The molecule has 1 aromatic rings. The number of aliphatic hydroxyl groups is 1. The molecule has 0 aromatic carbocycles. The van der Waals surface area contributed by atoms with Gasteiger partial charge in [-0.15, -0.1) is 0 Å². The minimum absolute atomic E-state index is 0.0298. The van der Waals surface area contributed by atoms with Crippen LogP contribution in [0.1, 0.15) is 67.9 Å². The maximum Gasteiger partial charge on any atom is 0.268 e. The van der Waals surface area contributed by atoms with Crippen LogP contribution in [0.5, 0.6) is 0 Å². The summed E-state index contributed by atoms with van der Waals surface area (Å²) in [6.45, 7) is 0.0445. The number of hydrogen-bond acceptors (Lipinski definition) is 2. The van der Waals surface area contributed by atoms with Crippen molar-refractivity contribution in [3.63, 3.8) is 0 Å². The normalized spacial score (nSPS) is 22.2. The fourth-order valence-corrected chi connectivity index (χ4v) is 3.77. The second-order valence-electron chi connectivity index (χ2n) is 6.34. The van der Waals surface area contributed by atoms with Gasteiger partial charge < -0.3 is 15.0 Å². The molecule has 0 atom stereocenters. The lowest BCUT2D eigenvalue weighted by atomic mass is 9.98. The minimum atomic E-state index is -0.387. The van der Waals surface area contributed by atoms with Crippen LogP contribution >= 0.6 is 0 Å². The average Bonchev–Trinajstić information content (AvgIpc) is 3.19. The molecule has 20 heavy (non-hydrogen) atoms. The van der Waals surface area contributed by atoms with Crippen LogP contribution in [0.15, 0.2) is 18.3 Å². The van der Waals surface area contributed by atoms with Crippen LogP contribution < -0.4 is 5.32 Å². The first-order valence-electron chi connectivity index (χ1n) is 7.84. The van der Waals surface area contributed by atoms with Gasteiger partial charge in [0.2, 0.25) is 0 Å². The zero-order chi connectivity index (χ0) is 14.0. The molecule has 0 radical (unpaired) electrons. The second-order valence-corrected chi connectivity index (χ2v) is 6.34. The molecule has 1 amide bonds. The summed E-state index contributed by atoms with van der Waals surface area (Å²) in [4.78, 5) is 12.6. The van der Waals surface area contributed by atoms with E-state index >= 15 is 0 Å². The van der Waals surface area contributed by atoms with E-state index in [1.54, 1.807) is 0 Å². The second kappa shape index (κ2) is 5.60. The van der Waals surface area contributed by atoms with Gasteiger partial charge in [0.1, 0.15) is 5.69 Å². The van der Waals surface area contributed by atoms with E-state index in [1.807, 2.05) is 18.3 Å². The van der Waals surface area contributed by atoms with Crippen LogP contribution in [0, 0.1) is 0 Å². The summed E-state index contributed by atoms with van der Waals surface area (Å²) >= 11 is 0. The van der Waals surface area contributed by atoms with Crippen molar-refractivity contribution in [2.75, 3.05) is 6.61 Å². The summed E-state index contributed by atoms with van der Waals surface area (Å²) in [7, 11) is 0. The molecule has 4 nitrogen and oxygen atoms in total. The van der Waals surface area contributed by atoms with Gasteiger partial charge in [-0.2, -0.15) is 0 Å². The molecule has 4 heteroatoms. The first-order chi connectivity index (χ1) is 9.74. The van der Waals surface area contributed by atoms with Gasteiger partial charge in [-0.1, -0.05) is 25.7 Å². The van der Waals surface area contributed by atoms with E-state index in [1.165, 1.54) is 25.7 Å². The van der Waals surface area contributed by atoms with Crippen LogP contribution in [-0.4, -0.2) is 27.7 Å². The van der Waals surface area contributed by atoms with E-state index in [9.17, 15) is 9.90 Å². The van der Waals surface area contributed by atoms with E-state index in [2.05, 4.69) is 9.88 Å². The van der Waals surface area contributed by atoms with Crippen molar-refractivity contribution in [1.82, 2.24) is 9.88 Å². The quantitative estimate of drug-likeness (QED) is 0.888. The van der Waals surface area contributed by atoms with Crippen molar-refractivity contribution >= 4 is 5.91 Å². The summed E-state index contributed by atoms with van der Waals surface area (Å²) in [5.74, 6) is -0.0298. The first kappa shape index (κ1) is 13.7. The molecule has 2 aliphatic carbocycles. The highest BCUT2D eigenvalue weighted by molar-refractivity contribution is 5.93. The molecule has 2 N–H and O–H groups in total. The molecule has 0 spiro atoms. The highest BCUT2D eigenvalue weighted by Crippen LogP contribution is 2.32. The number of aromatic nitrogens is 1. The van der Waals surface area contributed by atoms with E-state index in [4.69, 9.17) is 0 Å². The van der Waals surface area contributed by atoms with Crippen LogP contribution in [0.4, 0.5) is 0 Å². The highest BCUT2D eigenvalue weighted by Gasteiger charge is 2.35. The van der Waals surface area contributed by atoms with Crippen LogP contribution in [0.2, 0.25) is 0 Å². The van der Waals surface area contributed by atoms with Gasteiger partial charge in [0, 0.05) is 12.2 Å². The smallest absolute Gasteiger partial charge is 0.268 e. The predicted octanol–water partition coefficient (Wildman–Crippen LogP) is 2.64. The van der Waals surface area contributed by atoms with Gasteiger partial charge in [0.05, 0.1) is 12.1 Å². The minimum Gasteiger partial charge on any atom is -0.394 e. The summed E-state index contributed by atoms with van der Waals surface area (Å²) in [5.41, 5.74) is 0.360. The number of carbonyl (C=O) groups excluding carboxylic acids is 1. The van der Waals surface area contributed by atoms with Crippen molar-refractivity contribution in [2.24, 2.45) is 0 Å². The molecule has 1 heterocycles. The number of nitrogens with zero attached hydrogens (tertiary/aromatic N) is 1. The Morgan fingerprint density at radius 3 is 2.65 bits per heavy atom. The largest absolute Gasteiger partial charge is 0.394 e. The Hall–Kier alpha value is -1.29. The number of carbonyl (C=O) groups is 1. The molecular formula is C16H24N2O2. The zero-order valence-corrected chi connectivity index (χ0v) is 12.0. The summed E-state index contributed by atoms with van der Waals surface area (Å²) < 4.78 is 2.13. The number of aliphatic hydroxyl groups excluding tert-OH is 1. The SMILES string of the molecule is O=C(NC1(CO)CCCC1)c1cccn1C1CCCC1. The number of amides is 1. The fourth-order valence-electron chi connectivity index (χ4n) is 3.77. The molecule has 0 unspecified atom stereocenters. The monoisotopic (exact) mass is 276 g/mol. The average molecular weight is 276 g/mol. The maximum atomic E-state index is 12.6. The first-order valence-corrected chi connectivity index (χ1v) is 7.84. The molecule has 1 aromatic heterocycles. The molecule has 2 fully saturated rings. The number of rotatable bonds is 4. The number of nitrogens with one attached hydrogen (secondary N) is 1. The Labute approximate surface area is 120 Å². The molecular weight excluding hydrogens is 252 g/mol. The Kier molecular flexibility index (Phi) is 3.83. The Bertz CT molecular complexity index is 469. The van der Waals surface area contributed by atoms with Gasteiger partial charge >= 0.3 is 0 Å². The topological polar surface area (TPSA) is 54.3 Å². The van der Waals surface area contributed by atoms with Gasteiger partial charge in [-0.25, -0.2) is 0 Å². The maximum absolute atomic E-state index is 12.6. The fraction of sp³-hybridized carbons (Fsp3) is 0.688. The summed E-state index contributed by atoms with van der Waals surface area (Å²) in [5, 5.41) is 12.7. The van der Waals surface area contributed by atoms with E-state index < -0.39 is 0 Å². The third-order valence-electron chi connectivity index (χ3n) is 4.97. The van der Waals surface area contributed by atoms with Crippen molar-refractivity contribution < 1.29 is 9.90 Å². The van der Waals surface area contributed by atoms with Gasteiger partial charge in [-0.3, -0.25) is 4.79 Å². The molecule has 0 saturated heterocycles. The zero-order valence-electron chi connectivity index (χ0n) is 12.0. The van der Waals surface area contributed by atoms with Crippen molar-refractivity contribution in [3.05, 3.63) is 24.0 Å². The molecule has 3 rings (SSSR count). The van der Waals surface area contributed by atoms with E-state index in [0.717, 1.165) is 31.4 Å². The molecule has 0 aliphatic heterocycles. The standard InChI is InChI=1S/C16H24N2O2/c19-12-16(9-3-4-10-16)17-15(20)14-8-5-11-18(14)13-6-1-2-7-13/h5,8,11,13,19H,1-4,6-7,9-10,12H2,(H,17,20). The third kappa shape index (κ3) is 2.49. The van der Waals surface area contributed by atoms with Crippen molar-refractivity contribution in [2.45, 2.75) is 62.9 Å². The molecule has 0 bridgehead atoms. The predicted molar refractivity (Wildman–Crippen MR) is 77.7 cm³/mol. The van der Waals surface area contributed by atoms with Gasteiger partial charge in [-0.05, 0) is 37.8 Å². The molecule has 2 aliphatic rings. The lowest BCUT2D eigenvalue weighted by Gasteiger charge is -2.28. The van der Waals surface area contributed by atoms with E-state index in [-0.39, 0.29) is 18.1 Å². The Morgan fingerprint density at radius 1 is 1.30 bits per heavy atom. The molecule has 2 saturated carbocycles. The van der Waals surface area contributed by atoms with Crippen LogP contribution in [0.3, 0.4) is 0 Å². The number of hydrogen-bond donors (Lipinski definition) is 2. The van der Waals surface area contributed by atoms with Crippen molar-refractivity contribution in [3.8, 4) is 0 Å². The Morgan fingerprint density at radius 2 is 2.00 bits per heavy atom. The Balaban J connectivity index is 1.75. The van der Waals surface area contributed by atoms with Crippen molar-refractivity contribution in [1.29, 1.82) is 0 Å². The van der Waals surface area contributed by atoms with E-state index in [0.29, 0.717) is 6.04 Å². The van der Waals surface area contributed by atoms with Gasteiger partial charge in [0.25, 0.3) is 5.91 Å². The lowest BCUT2D eigenvalue weighted by Crippen LogP contribution is -2.49. The third-order valence-corrected chi connectivity index (χ3v) is 4.97. The van der Waals surface area contributed by atoms with Gasteiger partial charge in [0.15, 0.2) is 0 Å². The van der Waals surface area contributed by atoms with Crippen LogP contribution in [-0.2, 0) is 0 Å². The lowest BCUT2D eigenvalue weighted by molar-refractivity contribution is 0.0827. The summed E-state index contributed by atoms with van der Waals surface area (Å²) in [6, 6.07) is 4.32. The molecule has 110 valence electrons. The highest BCUT2D eigenvalue weighted by atomic mass is 16.3. The van der Waals surface area contributed by atoms with Crippen LogP contribution in [0.25, 0.3) is 0 Å².